The lowest BCUT2D eigenvalue weighted by Crippen LogP contribution is -2.10. The summed E-state index contributed by atoms with van der Waals surface area (Å²) in [5.74, 6) is 0. The van der Waals surface area contributed by atoms with Gasteiger partial charge in [0.05, 0.1) is 5.56 Å². The molecule has 1 aromatic carbocycles. The van der Waals surface area contributed by atoms with Gasteiger partial charge in [-0.25, -0.2) is 0 Å². The topological polar surface area (TPSA) is 29.1 Å². The predicted octanol–water partition coefficient (Wildman–Crippen LogP) is 2.55. The smallest absolute Gasteiger partial charge is 0.221 e. The van der Waals surface area contributed by atoms with Crippen molar-refractivity contribution in [2.24, 2.45) is 0 Å². The van der Waals surface area contributed by atoms with E-state index in [0.717, 1.165) is 17.7 Å². The van der Waals surface area contributed by atoms with Crippen LogP contribution in [0.4, 0.5) is 5.69 Å². The molecule has 0 fully saturated rings. The Labute approximate surface area is 88.1 Å². The molecule has 1 heterocycles. The molecule has 74 valence electrons. The van der Waals surface area contributed by atoms with E-state index < -0.39 is 0 Å². The summed E-state index contributed by atoms with van der Waals surface area (Å²) >= 11 is 1.27. The lowest BCUT2D eigenvalue weighted by Gasteiger charge is -2.07. The maximum atomic E-state index is 11.6. The molecule has 0 saturated carbocycles. The summed E-state index contributed by atoms with van der Waals surface area (Å²) in [5.41, 5.74) is 3.12. The number of anilines is 1. The summed E-state index contributed by atoms with van der Waals surface area (Å²) in [6.45, 7) is 2.13. The van der Waals surface area contributed by atoms with Crippen molar-refractivity contribution >= 4 is 22.6 Å². The van der Waals surface area contributed by atoms with Crippen LogP contribution >= 0.6 is 11.8 Å². The highest BCUT2D eigenvalue weighted by atomic mass is 32.2. The van der Waals surface area contributed by atoms with Crippen LogP contribution in [0.1, 0.15) is 22.8 Å². The van der Waals surface area contributed by atoms with E-state index in [1.54, 1.807) is 0 Å². The summed E-state index contributed by atoms with van der Waals surface area (Å²) in [5, 5.41) is 3.49. The number of nitrogens with one attached hydrogen (secondary N) is 1. The molecule has 0 bridgehead atoms. The van der Waals surface area contributed by atoms with Gasteiger partial charge in [0.15, 0.2) is 0 Å². The minimum Gasteiger partial charge on any atom is -0.381 e. The van der Waals surface area contributed by atoms with Crippen molar-refractivity contribution in [3.63, 3.8) is 0 Å². The first-order valence-electron chi connectivity index (χ1n) is 4.69. The van der Waals surface area contributed by atoms with Gasteiger partial charge in [-0.15, -0.1) is 0 Å². The summed E-state index contributed by atoms with van der Waals surface area (Å²) in [4.78, 5) is 11.6. The van der Waals surface area contributed by atoms with E-state index in [1.165, 1.54) is 17.3 Å². The summed E-state index contributed by atoms with van der Waals surface area (Å²) in [6, 6.07) is 6.38. The van der Waals surface area contributed by atoms with Crippen LogP contribution in [0.5, 0.6) is 0 Å². The van der Waals surface area contributed by atoms with Gasteiger partial charge in [0.1, 0.15) is 0 Å². The van der Waals surface area contributed by atoms with E-state index in [4.69, 9.17) is 0 Å². The molecule has 1 atom stereocenters. The Morgan fingerprint density at radius 1 is 1.57 bits per heavy atom. The maximum absolute atomic E-state index is 11.6. The zero-order chi connectivity index (χ0) is 10.1. The highest BCUT2D eigenvalue weighted by Crippen LogP contribution is 2.31. The highest BCUT2D eigenvalue weighted by molar-refractivity contribution is 8.13. The number of benzene rings is 1. The summed E-state index contributed by atoms with van der Waals surface area (Å²) < 4.78 is 0. The number of thioether (sulfide) groups is 1. The van der Waals surface area contributed by atoms with E-state index in [9.17, 15) is 4.79 Å². The summed E-state index contributed by atoms with van der Waals surface area (Å²) in [7, 11) is 0. The fourth-order valence-electron chi connectivity index (χ4n) is 1.85. The number of carbonyl (C=O) groups is 1. The second-order valence-electron chi connectivity index (χ2n) is 3.58. The van der Waals surface area contributed by atoms with Crippen LogP contribution in [-0.4, -0.2) is 17.4 Å². The Kier molecular flexibility index (Phi) is 2.50. The molecular formula is C11H13NOS. The van der Waals surface area contributed by atoms with Gasteiger partial charge in [-0.1, -0.05) is 23.9 Å². The van der Waals surface area contributed by atoms with Crippen molar-refractivity contribution in [2.45, 2.75) is 19.4 Å². The Morgan fingerprint density at radius 2 is 2.36 bits per heavy atom. The van der Waals surface area contributed by atoms with Crippen molar-refractivity contribution in [1.82, 2.24) is 0 Å². The molecule has 1 unspecified atom stereocenters. The molecule has 1 N–H and O–H groups in total. The molecule has 0 spiro atoms. The molecule has 1 aliphatic heterocycles. The monoisotopic (exact) mass is 207 g/mol. The Bertz CT molecular complexity index is 376. The fraction of sp³-hybridized carbons (Fsp3) is 0.364. The molecular weight excluding hydrogens is 194 g/mol. The zero-order valence-electron chi connectivity index (χ0n) is 8.33. The third kappa shape index (κ3) is 1.52. The van der Waals surface area contributed by atoms with Gasteiger partial charge >= 0.3 is 0 Å². The molecule has 3 heteroatoms. The molecule has 0 saturated heterocycles. The van der Waals surface area contributed by atoms with Gasteiger partial charge in [0, 0.05) is 11.7 Å². The van der Waals surface area contributed by atoms with Crippen molar-refractivity contribution in [1.29, 1.82) is 0 Å². The Hall–Kier alpha value is -0.960. The number of rotatable bonds is 1. The number of carbonyl (C=O) groups excluding carboxylic acids is 1. The highest BCUT2D eigenvalue weighted by Gasteiger charge is 2.21. The molecule has 1 aliphatic rings. The van der Waals surface area contributed by atoms with Gasteiger partial charge in [-0.2, -0.15) is 0 Å². The SMILES string of the molecule is CSC(=O)c1cccc2c1NC(C)C2. The van der Waals surface area contributed by atoms with Gasteiger partial charge in [0.25, 0.3) is 0 Å². The van der Waals surface area contributed by atoms with Crippen molar-refractivity contribution in [3.05, 3.63) is 29.3 Å². The van der Waals surface area contributed by atoms with Crippen LogP contribution < -0.4 is 5.32 Å². The average molecular weight is 207 g/mol. The minimum atomic E-state index is 0.142. The van der Waals surface area contributed by atoms with Crippen LogP contribution in [0.25, 0.3) is 0 Å². The normalized spacial score (nSPS) is 18.9. The molecule has 14 heavy (non-hydrogen) atoms. The standard InChI is InChI=1S/C11H13NOS/c1-7-6-8-4-3-5-9(10(8)12-7)11(13)14-2/h3-5,7,12H,6H2,1-2H3. The third-order valence-corrected chi connectivity index (χ3v) is 3.06. The van der Waals surface area contributed by atoms with Crippen LogP contribution in [0.3, 0.4) is 0 Å². The number of hydrogen-bond acceptors (Lipinski definition) is 3. The lowest BCUT2D eigenvalue weighted by molar-refractivity contribution is 0.109. The van der Waals surface area contributed by atoms with Gasteiger partial charge in [-0.05, 0) is 31.2 Å². The molecule has 1 aromatic rings. The first kappa shape index (κ1) is 9.59. The maximum Gasteiger partial charge on any atom is 0.221 e. The minimum absolute atomic E-state index is 0.142. The Morgan fingerprint density at radius 3 is 3.07 bits per heavy atom. The second kappa shape index (κ2) is 3.65. The quantitative estimate of drug-likeness (QED) is 0.767. The van der Waals surface area contributed by atoms with Crippen molar-refractivity contribution < 1.29 is 4.79 Å². The first-order valence-corrected chi connectivity index (χ1v) is 5.91. The van der Waals surface area contributed by atoms with Crippen molar-refractivity contribution in [3.8, 4) is 0 Å². The van der Waals surface area contributed by atoms with Crippen LogP contribution in [-0.2, 0) is 6.42 Å². The van der Waals surface area contributed by atoms with Crippen LogP contribution in [0, 0.1) is 0 Å². The number of para-hydroxylation sites is 1. The predicted molar refractivity (Wildman–Crippen MR) is 61.1 cm³/mol. The van der Waals surface area contributed by atoms with E-state index in [2.05, 4.69) is 18.3 Å². The largest absolute Gasteiger partial charge is 0.381 e. The van der Waals surface area contributed by atoms with Crippen LogP contribution in [0.15, 0.2) is 18.2 Å². The lowest BCUT2D eigenvalue weighted by atomic mass is 10.1. The average Bonchev–Trinajstić information content (AvgIpc) is 2.56. The zero-order valence-corrected chi connectivity index (χ0v) is 9.15. The van der Waals surface area contributed by atoms with E-state index in [-0.39, 0.29) is 5.12 Å². The number of fused-ring (bicyclic) bond motifs is 1. The van der Waals surface area contributed by atoms with Gasteiger partial charge < -0.3 is 5.32 Å². The molecule has 0 amide bonds. The van der Waals surface area contributed by atoms with Gasteiger partial charge in [0.2, 0.25) is 5.12 Å². The molecule has 2 nitrogen and oxygen atoms in total. The summed E-state index contributed by atoms with van der Waals surface area (Å²) in [6.07, 6.45) is 2.84. The first-order chi connectivity index (χ1) is 6.72. The second-order valence-corrected chi connectivity index (χ2v) is 4.36. The number of hydrogen-bond donors (Lipinski definition) is 1. The molecule has 0 aromatic heterocycles. The fourth-order valence-corrected chi connectivity index (χ4v) is 2.24. The van der Waals surface area contributed by atoms with Crippen LogP contribution in [0.2, 0.25) is 0 Å². The molecule has 2 rings (SSSR count). The molecule has 0 radical (unpaired) electrons. The van der Waals surface area contributed by atoms with Crippen molar-refractivity contribution in [2.75, 3.05) is 11.6 Å². The Balaban J connectivity index is 2.44. The molecule has 0 aliphatic carbocycles. The van der Waals surface area contributed by atoms with Gasteiger partial charge in [-0.3, -0.25) is 4.79 Å². The van der Waals surface area contributed by atoms with E-state index in [0.29, 0.717) is 6.04 Å². The third-order valence-electron chi connectivity index (χ3n) is 2.47. The van der Waals surface area contributed by atoms with E-state index in [1.807, 2.05) is 18.4 Å². The van der Waals surface area contributed by atoms with E-state index >= 15 is 0 Å².